The monoisotopic (exact) mass is 343 g/mol. The van der Waals surface area contributed by atoms with Crippen molar-refractivity contribution in [1.82, 2.24) is 4.90 Å². The number of carbonyl (C=O) groups is 1. The number of fused-ring (bicyclic) bond motifs is 1. The normalized spacial score (nSPS) is 16.8. The maximum absolute atomic E-state index is 12.8. The molecule has 1 aromatic heterocycles. The molecule has 3 rings (SSSR count). The molecule has 1 aliphatic heterocycles. The number of methoxy groups -OCH3 is 1. The molecule has 0 fully saturated rings. The number of carbonyl (C=O) groups excluding carboxylic acids is 1. The second-order valence-corrected chi connectivity index (χ2v) is 7.27. The lowest BCUT2D eigenvalue weighted by Gasteiger charge is -2.36. The van der Waals surface area contributed by atoms with Crippen LogP contribution in [0.15, 0.2) is 35.7 Å². The SMILES string of the molecule is CCCCCC(=O)N1CCc2sccc2[C@H]1c1ccc(OC)cc1. The first-order valence-corrected chi connectivity index (χ1v) is 9.62. The first-order valence-electron chi connectivity index (χ1n) is 8.74. The van der Waals surface area contributed by atoms with Gasteiger partial charge in [-0.1, -0.05) is 31.9 Å². The predicted octanol–water partition coefficient (Wildman–Crippen LogP) is 4.81. The maximum Gasteiger partial charge on any atom is 0.223 e. The Morgan fingerprint density at radius 3 is 2.75 bits per heavy atom. The van der Waals surface area contributed by atoms with Gasteiger partial charge in [-0.15, -0.1) is 11.3 Å². The molecule has 0 radical (unpaired) electrons. The number of rotatable bonds is 6. The Morgan fingerprint density at radius 1 is 1.25 bits per heavy atom. The Labute approximate surface area is 148 Å². The third-order valence-electron chi connectivity index (χ3n) is 4.71. The van der Waals surface area contributed by atoms with E-state index in [0.717, 1.165) is 38.0 Å². The van der Waals surface area contributed by atoms with Crippen molar-refractivity contribution in [3.05, 3.63) is 51.7 Å². The van der Waals surface area contributed by atoms with Gasteiger partial charge in [0.2, 0.25) is 5.91 Å². The number of amides is 1. The van der Waals surface area contributed by atoms with E-state index in [4.69, 9.17) is 4.74 Å². The van der Waals surface area contributed by atoms with Crippen LogP contribution in [0.1, 0.15) is 54.7 Å². The summed E-state index contributed by atoms with van der Waals surface area (Å²) in [6.07, 6.45) is 4.87. The van der Waals surface area contributed by atoms with Gasteiger partial charge in [-0.05, 0) is 47.5 Å². The Kier molecular flexibility index (Phi) is 5.56. The highest BCUT2D eigenvalue weighted by atomic mass is 32.1. The number of unbranched alkanes of at least 4 members (excludes halogenated alkanes) is 2. The zero-order chi connectivity index (χ0) is 16.9. The fourth-order valence-corrected chi connectivity index (χ4v) is 4.30. The van der Waals surface area contributed by atoms with Crippen molar-refractivity contribution in [2.75, 3.05) is 13.7 Å². The van der Waals surface area contributed by atoms with Crippen LogP contribution in [0.2, 0.25) is 0 Å². The third kappa shape index (κ3) is 3.48. The number of hydrogen-bond donors (Lipinski definition) is 0. The van der Waals surface area contributed by atoms with Crippen LogP contribution in [0, 0.1) is 0 Å². The summed E-state index contributed by atoms with van der Waals surface area (Å²) in [6, 6.07) is 10.4. The molecule has 1 amide bonds. The summed E-state index contributed by atoms with van der Waals surface area (Å²) in [4.78, 5) is 16.3. The summed E-state index contributed by atoms with van der Waals surface area (Å²) >= 11 is 1.80. The van der Waals surface area contributed by atoms with E-state index in [2.05, 4.69) is 35.4 Å². The third-order valence-corrected chi connectivity index (χ3v) is 5.71. The van der Waals surface area contributed by atoms with Crippen LogP contribution in [0.4, 0.5) is 0 Å². The second kappa shape index (κ2) is 7.84. The molecule has 0 spiro atoms. The number of ether oxygens (including phenoxy) is 1. The van der Waals surface area contributed by atoms with Gasteiger partial charge in [0.1, 0.15) is 5.75 Å². The minimum atomic E-state index is 0.0417. The van der Waals surface area contributed by atoms with Gasteiger partial charge in [0, 0.05) is 17.8 Å². The Balaban J connectivity index is 1.88. The van der Waals surface area contributed by atoms with E-state index in [-0.39, 0.29) is 11.9 Å². The van der Waals surface area contributed by atoms with Gasteiger partial charge < -0.3 is 9.64 Å². The van der Waals surface area contributed by atoms with Gasteiger partial charge in [0.25, 0.3) is 0 Å². The van der Waals surface area contributed by atoms with E-state index in [1.807, 2.05) is 12.1 Å². The molecule has 4 heteroatoms. The zero-order valence-corrected chi connectivity index (χ0v) is 15.3. The van der Waals surface area contributed by atoms with Crippen molar-refractivity contribution in [2.24, 2.45) is 0 Å². The Morgan fingerprint density at radius 2 is 2.04 bits per heavy atom. The standard InChI is InChI=1S/C20H25NO2S/c1-3-4-5-6-19(22)21-13-11-18-17(12-14-24-18)20(21)15-7-9-16(23-2)10-8-15/h7-10,12,14,20H,3-6,11,13H2,1-2H3/t20-/m1/s1. The van der Waals surface area contributed by atoms with Gasteiger partial charge in [0.15, 0.2) is 0 Å². The van der Waals surface area contributed by atoms with Crippen LogP contribution < -0.4 is 4.74 Å². The van der Waals surface area contributed by atoms with Crippen LogP contribution in [-0.4, -0.2) is 24.5 Å². The predicted molar refractivity (Wildman–Crippen MR) is 98.7 cm³/mol. The molecular weight excluding hydrogens is 318 g/mol. The quantitative estimate of drug-likeness (QED) is 0.704. The molecule has 1 aromatic carbocycles. The summed E-state index contributed by atoms with van der Waals surface area (Å²) in [5.74, 6) is 1.13. The molecule has 0 saturated heterocycles. The molecule has 3 nitrogen and oxygen atoms in total. The molecule has 1 aliphatic rings. The smallest absolute Gasteiger partial charge is 0.223 e. The fraction of sp³-hybridized carbons (Fsp3) is 0.450. The van der Waals surface area contributed by atoms with Crippen LogP contribution >= 0.6 is 11.3 Å². The van der Waals surface area contributed by atoms with Crippen LogP contribution in [0.5, 0.6) is 5.75 Å². The minimum Gasteiger partial charge on any atom is -0.497 e. The molecule has 2 aromatic rings. The van der Waals surface area contributed by atoms with E-state index >= 15 is 0 Å². The molecule has 0 aliphatic carbocycles. The highest BCUT2D eigenvalue weighted by molar-refractivity contribution is 7.10. The molecule has 0 bridgehead atoms. The lowest BCUT2D eigenvalue weighted by atomic mass is 9.92. The van der Waals surface area contributed by atoms with E-state index in [9.17, 15) is 4.79 Å². The topological polar surface area (TPSA) is 29.5 Å². The second-order valence-electron chi connectivity index (χ2n) is 6.27. The summed E-state index contributed by atoms with van der Waals surface area (Å²) in [5, 5.41) is 2.15. The number of thiophene rings is 1. The summed E-state index contributed by atoms with van der Waals surface area (Å²) < 4.78 is 5.27. The molecular formula is C20H25NO2S. The van der Waals surface area contributed by atoms with Gasteiger partial charge in [0.05, 0.1) is 13.2 Å². The first-order chi connectivity index (χ1) is 11.7. The van der Waals surface area contributed by atoms with Gasteiger partial charge in [-0.3, -0.25) is 4.79 Å². The largest absolute Gasteiger partial charge is 0.497 e. The van der Waals surface area contributed by atoms with Crippen molar-refractivity contribution in [3.63, 3.8) is 0 Å². The van der Waals surface area contributed by atoms with Crippen molar-refractivity contribution < 1.29 is 9.53 Å². The maximum atomic E-state index is 12.8. The highest BCUT2D eigenvalue weighted by Gasteiger charge is 2.32. The van der Waals surface area contributed by atoms with Gasteiger partial charge in [-0.2, -0.15) is 0 Å². The van der Waals surface area contributed by atoms with Crippen molar-refractivity contribution >= 4 is 17.2 Å². The van der Waals surface area contributed by atoms with E-state index in [1.165, 1.54) is 16.0 Å². The summed E-state index contributed by atoms with van der Waals surface area (Å²) in [6.45, 7) is 2.98. The highest BCUT2D eigenvalue weighted by Crippen LogP contribution is 2.38. The molecule has 0 unspecified atom stereocenters. The number of benzene rings is 1. The van der Waals surface area contributed by atoms with E-state index < -0.39 is 0 Å². The molecule has 128 valence electrons. The Hall–Kier alpha value is -1.81. The first kappa shape index (κ1) is 17.0. The molecule has 24 heavy (non-hydrogen) atoms. The van der Waals surface area contributed by atoms with Gasteiger partial charge in [-0.25, -0.2) is 0 Å². The average Bonchev–Trinajstić information content (AvgIpc) is 3.10. The lowest BCUT2D eigenvalue weighted by Crippen LogP contribution is -2.40. The average molecular weight is 343 g/mol. The van der Waals surface area contributed by atoms with Gasteiger partial charge >= 0.3 is 0 Å². The Bertz CT molecular complexity index is 677. The lowest BCUT2D eigenvalue weighted by molar-refractivity contribution is -0.133. The van der Waals surface area contributed by atoms with Crippen molar-refractivity contribution in [1.29, 1.82) is 0 Å². The molecule has 0 saturated carbocycles. The van der Waals surface area contributed by atoms with E-state index in [0.29, 0.717) is 6.42 Å². The summed E-state index contributed by atoms with van der Waals surface area (Å²) in [5.41, 5.74) is 2.46. The molecule has 2 heterocycles. The van der Waals surface area contributed by atoms with E-state index in [1.54, 1.807) is 18.4 Å². The van der Waals surface area contributed by atoms with Crippen LogP contribution in [-0.2, 0) is 11.2 Å². The van der Waals surface area contributed by atoms with Crippen molar-refractivity contribution in [2.45, 2.75) is 45.1 Å². The van der Waals surface area contributed by atoms with Crippen LogP contribution in [0.25, 0.3) is 0 Å². The number of hydrogen-bond acceptors (Lipinski definition) is 3. The molecule has 1 atom stereocenters. The fourth-order valence-electron chi connectivity index (χ4n) is 3.40. The zero-order valence-electron chi connectivity index (χ0n) is 14.5. The molecule has 0 N–H and O–H groups in total. The minimum absolute atomic E-state index is 0.0417. The van der Waals surface area contributed by atoms with Crippen molar-refractivity contribution in [3.8, 4) is 5.75 Å². The number of nitrogens with zero attached hydrogens (tertiary/aromatic N) is 1. The summed E-state index contributed by atoms with van der Waals surface area (Å²) in [7, 11) is 1.68. The van der Waals surface area contributed by atoms with Crippen LogP contribution in [0.3, 0.4) is 0 Å².